The van der Waals surface area contributed by atoms with Gasteiger partial charge in [0.2, 0.25) is 5.91 Å². The molecule has 0 aliphatic heterocycles. The second-order valence-electron chi connectivity index (χ2n) is 3.72. The molecule has 4 nitrogen and oxygen atoms in total. The number of methoxy groups -OCH3 is 1. The first-order chi connectivity index (χ1) is 8.11. The van der Waals surface area contributed by atoms with Crippen molar-refractivity contribution in [3.63, 3.8) is 0 Å². The molecule has 1 unspecified atom stereocenters. The monoisotopic (exact) mass is 257 g/mol. The Morgan fingerprint density at radius 3 is 3.00 bits per heavy atom. The second-order valence-corrected chi connectivity index (χ2v) is 4.16. The van der Waals surface area contributed by atoms with Crippen LogP contribution in [0.25, 0.3) is 0 Å². The molecule has 0 saturated carbocycles. The Kier molecular flexibility index (Phi) is 5.97. The van der Waals surface area contributed by atoms with Gasteiger partial charge in [0.25, 0.3) is 0 Å². The molecular formula is C12H16ClNO3. The minimum absolute atomic E-state index is 0.151. The van der Waals surface area contributed by atoms with Crippen molar-refractivity contribution in [3.8, 4) is 0 Å². The summed E-state index contributed by atoms with van der Waals surface area (Å²) in [6, 6.07) is 7.12. The van der Waals surface area contributed by atoms with Crippen molar-refractivity contribution >= 4 is 17.5 Å². The summed E-state index contributed by atoms with van der Waals surface area (Å²) in [6.07, 6.45) is -0.427. The molecule has 1 aromatic carbocycles. The molecule has 0 spiro atoms. The first kappa shape index (κ1) is 14.0. The number of carbonyl (C=O) groups excluding carboxylic acids is 1. The lowest BCUT2D eigenvalue weighted by atomic mass is 10.1. The SMILES string of the molecule is COCC(O)CNC(=O)Cc1cccc(Cl)c1. The van der Waals surface area contributed by atoms with Crippen LogP contribution in [0.2, 0.25) is 5.02 Å². The average molecular weight is 258 g/mol. The molecule has 1 atom stereocenters. The summed E-state index contributed by atoms with van der Waals surface area (Å²) in [5.41, 5.74) is 0.844. The maximum Gasteiger partial charge on any atom is 0.224 e. The smallest absolute Gasteiger partial charge is 0.224 e. The molecule has 1 aromatic rings. The van der Waals surface area contributed by atoms with Gasteiger partial charge in [0.15, 0.2) is 0 Å². The molecule has 1 amide bonds. The van der Waals surface area contributed by atoms with E-state index in [1.165, 1.54) is 7.11 Å². The molecular weight excluding hydrogens is 242 g/mol. The quantitative estimate of drug-likeness (QED) is 0.800. The zero-order valence-corrected chi connectivity index (χ0v) is 10.4. The van der Waals surface area contributed by atoms with Gasteiger partial charge in [-0.3, -0.25) is 4.79 Å². The predicted molar refractivity (Wildman–Crippen MR) is 66.0 cm³/mol. The fourth-order valence-corrected chi connectivity index (χ4v) is 1.59. The molecule has 2 N–H and O–H groups in total. The van der Waals surface area contributed by atoms with Gasteiger partial charge in [0.05, 0.1) is 19.1 Å². The van der Waals surface area contributed by atoms with Crippen LogP contribution in [0.3, 0.4) is 0 Å². The van der Waals surface area contributed by atoms with Gasteiger partial charge in [-0.05, 0) is 17.7 Å². The van der Waals surface area contributed by atoms with Gasteiger partial charge in [0, 0.05) is 18.7 Å². The molecule has 0 radical (unpaired) electrons. The highest BCUT2D eigenvalue weighted by Gasteiger charge is 2.07. The maximum absolute atomic E-state index is 11.5. The van der Waals surface area contributed by atoms with Gasteiger partial charge in [-0.15, -0.1) is 0 Å². The lowest BCUT2D eigenvalue weighted by Crippen LogP contribution is -2.35. The van der Waals surface area contributed by atoms with Crippen LogP contribution in [0.4, 0.5) is 0 Å². The van der Waals surface area contributed by atoms with Crippen LogP contribution in [-0.2, 0) is 16.0 Å². The third kappa shape index (κ3) is 5.68. The minimum atomic E-state index is -0.677. The average Bonchev–Trinajstić information content (AvgIpc) is 2.27. The van der Waals surface area contributed by atoms with E-state index in [1.54, 1.807) is 18.2 Å². The Hall–Kier alpha value is -1.10. The largest absolute Gasteiger partial charge is 0.389 e. The van der Waals surface area contributed by atoms with Crippen LogP contribution in [-0.4, -0.2) is 37.4 Å². The van der Waals surface area contributed by atoms with Crippen molar-refractivity contribution in [1.29, 1.82) is 0 Å². The van der Waals surface area contributed by atoms with Crippen LogP contribution >= 0.6 is 11.6 Å². The van der Waals surface area contributed by atoms with E-state index in [0.717, 1.165) is 5.56 Å². The highest BCUT2D eigenvalue weighted by atomic mass is 35.5. The maximum atomic E-state index is 11.5. The van der Waals surface area contributed by atoms with Crippen LogP contribution in [0.5, 0.6) is 0 Å². The molecule has 94 valence electrons. The molecule has 0 bridgehead atoms. The normalized spacial score (nSPS) is 12.2. The van der Waals surface area contributed by atoms with Gasteiger partial charge in [-0.2, -0.15) is 0 Å². The zero-order valence-electron chi connectivity index (χ0n) is 9.65. The van der Waals surface area contributed by atoms with Crippen molar-refractivity contribution in [2.75, 3.05) is 20.3 Å². The first-order valence-electron chi connectivity index (χ1n) is 5.30. The molecule has 1 rings (SSSR count). The van der Waals surface area contributed by atoms with Crippen LogP contribution < -0.4 is 5.32 Å². The number of aliphatic hydroxyl groups is 1. The summed E-state index contributed by atoms with van der Waals surface area (Å²) >= 11 is 5.81. The summed E-state index contributed by atoms with van der Waals surface area (Å²) in [5, 5.41) is 12.6. The molecule has 0 aliphatic rings. The third-order valence-corrected chi connectivity index (χ3v) is 2.38. The van der Waals surface area contributed by atoms with Gasteiger partial charge < -0.3 is 15.2 Å². The molecule has 17 heavy (non-hydrogen) atoms. The van der Waals surface area contributed by atoms with Crippen LogP contribution in [0.15, 0.2) is 24.3 Å². The van der Waals surface area contributed by atoms with Gasteiger partial charge >= 0.3 is 0 Å². The number of hydrogen-bond donors (Lipinski definition) is 2. The van der Waals surface area contributed by atoms with Crippen LogP contribution in [0, 0.1) is 0 Å². The van der Waals surface area contributed by atoms with E-state index in [-0.39, 0.29) is 25.5 Å². The number of benzene rings is 1. The molecule has 0 aromatic heterocycles. The van der Waals surface area contributed by atoms with E-state index in [4.69, 9.17) is 16.3 Å². The van der Waals surface area contributed by atoms with Crippen molar-refractivity contribution in [2.45, 2.75) is 12.5 Å². The molecule has 0 aliphatic carbocycles. The summed E-state index contributed by atoms with van der Waals surface area (Å²) in [5.74, 6) is -0.151. The highest BCUT2D eigenvalue weighted by molar-refractivity contribution is 6.30. The fraction of sp³-hybridized carbons (Fsp3) is 0.417. The van der Waals surface area contributed by atoms with E-state index in [9.17, 15) is 9.90 Å². The number of rotatable bonds is 6. The van der Waals surface area contributed by atoms with Crippen molar-refractivity contribution < 1.29 is 14.6 Å². The number of amides is 1. The van der Waals surface area contributed by atoms with Gasteiger partial charge in [-0.1, -0.05) is 23.7 Å². The Labute approximate surface area is 106 Å². The number of hydrogen-bond acceptors (Lipinski definition) is 3. The Morgan fingerprint density at radius 1 is 1.59 bits per heavy atom. The topological polar surface area (TPSA) is 58.6 Å². The number of aliphatic hydroxyl groups excluding tert-OH is 1. The second kappa shape index (κ2) is 7.27. The molecule has 5 heteroatoms. The van der Waals surface area contributed by atoms with E-state index >= 15 is 0 Å². The van der Waals surface area contributed by atoms with Crippen molar-refractivity contribution in [3.05, 3.63) is 34.9 Å². The number of nitrogens with one attached hydrogen (secondary N) is 1. The summed E-state index contributed by atoms with van der Waals surface area (Å²) < 4.78 is 4.75. The molecule has 0 fully saturated rings. The van der Waals surface area contributed by atoms with E-state index < -0.39 is 6.10 Å². The summed E-state index contributed by atoms with van der Waals surface area (Å²) in [6.45, 7) is 0.394. The lowest BCUT2D eigenvalue weighted by Gasteiger charge is -2.10. The van der Waals surface area contributed by atoms with Crippen molar-refractivity contribution in [1.82, 2.24) is 5.32 Å². The summed E-state index contributed by atoms with van der Waals surface area (Å²) in [4.78, 5) is 11.5. The Balaban J connectivity index is 2.34. The van der Waals surface area contributed by atoms with Crippen molar-refractivity contribution in [2.24, 2.45) is 0 Å². The fourth-order valence-electron chi connectivity index (χ4n) is 1.38. The zero-order chi connectivity index (χ0) is 12.7. The predicted octanol–water partition coefficient (Wildman–Crippen LogP) is 1.01. The Bertz CT molecular complexity index is 371. The third-order valence-electron chi connectivity index (χ3n) is 2.15. The van der Waals surface area contributed by atoms with Crippen LogP contribution in [0.1, 0.15) is 5.56 Å². The summed E-state index contributed by atoms with van der Waals surface area (Å²) in [7, 11) is 1.50. The van der Waals surface area contributed by atoms with Gasteiger partial charge in [-0.25, -0.2) is 0 Å². The standard InChI is InChI=1S/C12H16ClNO3/c1-17-8-11(15)7-14-12(16)6-9-3-2-4-10(13)5-9/h2-5,11,15H,6-8H2,1H3,(H,14,16). The van der Waals surface area contributed by atoms with E-state index in [1.807, 2.05) is 6.07 Å². The highest BCUT2D eigenvalue weighted by Crippen LogP contribution is 2.10. The minimum Gasteiger partial charge on any atom is -0.389 e. The van der Waals surface area contributed by atoms with E-state index in [2.05, 4.69) is 5.32 Å². The molecule has 0 saturated heterocycles. The first-order valence-corrected chi connectivity index (χ1v) is 5.67. The number of halogens is 1. The number of carbonyl (C=O) groups is 1. The van der Waals surface area contributed by atoms with Gasteiger partial charge in [0.1, 0.15) is 0 Å². The lowest BCUT2D eigenvalue weighted by molar-refractivity contribution is -0.121. The number of ether oxygens (including phenoxy) is 1. The van der Waals surface area contributed by atoms with E-state index in [0.29, 0.717) is 5.02 Å². The molecule has 0 heterocycles. The Morgan fingerprint density at radius 2 is 2.35 bits per heavy atom.